The van der Waals surface area contributed by atoms with Crippen LogP contribution in [0.1, 0.15) is 10.4 Å². The molecule has 2 rings (SSSR count). The van der Waals surface area contributed by atoms with Crippen molar-refractivity contribution in [3.8, 4) is 5.75 Å². The third kappa shape index (κ3) is 1.71. The zero-order chi connectivity index (χ0) is 11.7. The number of aldehydes is 1. The lowest BCUT2D eigenvalue weighted by Crippen LogP contribution is -2.04. The predicted octanol–water partition coefficient (Wildman–Crippen LogP) is 1.38. The fourth-order valence-corrected chi connectivity index (χ4v) is 1.43. The Morgan fingerprint density at radius 3 is 2.88 bits per heavy atom. The van der Waals surface area contributed by atoms with E-state index in [4.69, 9.17) is 0 Å². The highest BCUT2D eigenvalue weighted by Gasteiger charge is 2.14. The number of aryl methyl sites for hydroxylation is 1. The molecule has 1 aromatic carbocycles. The molecule has 0 aliphatic heterocycles. The monoisotopic (exact) mass is 227 g/mol. The number of benzene rings is 1. The number of halogens is 2. The molecule has 2 aromatic rings. The van der Waals surface area contributed by atoms with E-state index in [9.17, 15) is 13.6 Å². The van der Waals surface area contributed by atoms with Gasteiger partial charge >= 0.3 is 6.61 Å². The summed E-state index contributed by atoms with van der Waals surface area (Å²) in [6, 6.07) is 2.68. The molecule has 0 atom stereocenters. The third-order valence-corrected chi connectivity index (χ3v) is 2.04. The molecule has 0 saturated heterocycles. The Balaban J connectivity index is 2.66. The van der Waals surface area contributed by atoms with Gasteiger partial charge in [0.25, 0.3) is 0 Å². The summed E-state index contributed by atoms with van der Waals surface area (Å²) in [6.07, 6.45) is 0.534. The highest BCUT2D eigenvalue weighted by Crippen LogP contribution is 2.26. The number of aromatic nitrogens is 3. The Bertz CT molecular complexity index is 539. The normalized spacial score (nSPS) is 11.0. The minimum atomic E-state index is -2.96. The lowest BCUT2D eigenvalue weighted by atomic mass is 10.2. The first-order chi connectivity index (χ1) is 7.61. The lowest BCUT2D eigenvalue weighted by molar-refractivity contribution is -0.0490. The Morgan fingerprint density at radius 1 is 1.50 bits per heavy atom. The summed E-state index contributed by atoms with van der Waals surface area (Å²) < 4.78 is 29.9. The summed E-state index contributed by atoms with van der Waals surface area (Å²) in [6.45, 7) is -2.96. The van der Waals surface area contributed by atoms with Crippen molar-refractivity contribution in [2.75, 3.05) is 0 Å². The van der Waals surface area contributed by atoms with Gasteiger partial charge in [-0.05, 0) is 12.1 Å². The van der Waals surface area contributed by atoms with Crippen molar-refractivity contribution in [1.29, 1.82) is 0 Å². The van der Waals surface area contributed by atoms with E-state index in [1.54, 1.807) is 7.05 Å². The number of ether oxygens (including phenoxy) is 1. The smallest absolute Gasteiger partial charge is 0.387 e. The van der Waals surface area contributed by atoms with Gasteiger partial charge in [-0.15, -0.1) is 5.10 Å². The van der Waals surface area contributed by atoms with E-state index in [0.29, 0.717) is 17.3 Å². The number of alkyl halides is 2. The zero-order valence-corrected chi connectivity index (χ0v) is 8.22. The van der Waals surface area contributed by atoms with Crippen LogP contribution in [0.5, 0.6) is 5.75 Å². The number of nitrogens with zero attached hydrogens (tertiary/aromatic N) is 3. The van der Waals surface area contributed by atoms with Crippen LogP contribution in [0, 0.1) is 0 Å². The Morgan fingerprint density at radius 2 is 2.25 bits per heavy atom. The molecule has 84 valence electrons. The first kappa shape index (κ1) is 10.5. The predicted molar refractivity (Wildman–Crippen MR) is 50.5 cm³/mol. The molecule has 1 aromatic heterocycles. The summed E-state index contributed by atoms with van der Waals surface area (Å²) in [4.78, 5) is 10.6. The van der Waals surface area contributed by atoms with E-state index < -0.39 is 6.61 Å². The van der Waals surface area contributed by atoms with E-state index in [1.807, 2.05) is 0 Å². The van der Waals surface area contributed by atoms with Gasteiger partial charge < -0.3 is 4.74 Å². The number of carbonyl (C=O) groups excluding carboxylic acids is 1. The summed E-state index contributed by atoms with van der Waals surface area (Å²) in [7, 11) is 1.55. The maximum absolute atomic E-state index is 12.2. The van der Waals surface area contributed by atoms with Crippen molar-refractivity contribution < 1.29 is 18.3 Å². The summed E-state index contributed by atoms with van der Waals surface area (Å²) in [5, 5.41) is 7.39. The fourth-order valence-electron chi connectivity index (χ4n) is 1.43. The molecule has 0 amide bonds. The number of rotatable bonds is 3. The van der Waals surface area contributed by atoms with Gasteiger partial charge in [0.1, 0.15) is 17.3 Å². The van der Waals surface area contributed by atoms with Gasteiger partial charge in [0.2, 0.25) is 0 Å². The van der Waals surface area contributed by atoms with Crippen LogP contribution >= 0.6 is 0 Å². The second kappa shape index (κ2) is 3.84. The molecule has 0 radical (unpaired) electrons. The lowest BCUT2D eigenvalue weighted by Gasteiger charge is -2.06. The summed E-state index contributed by atoms with van der Waals surface area (Å²) in [5.74, 6) is -0.109. The fraction of sp³-hybridized carbons (Fsp3) is 0.222. The average molecular weight is 227 g/mol. The van der Waals surface area contributed by atoms with Crippen molar-refractivity contribution in [3.05, 3.63) is 17.7 Å². The Hall–Kier alpha value is -2.05. The quantitative estimate of drug-likeness (QED) is 0.743. The van der Waals surface area contributed by atoms with Crippen LogP contribution in [0.2, 0.25) is 0 Å². The molecule has 0 N–H and O–H groups in total. The maximum atomic E-state index is 12.2. The average Bonchev–Trinajstić information content (AvgIpc) is 2.59. The van der Waals surface area contributed by atoms with Crippen LogP contribution in [0.3, 0.4) is 0 Å². The largest absolute Gasteiger partial charge is 0.432 e. The maximum Gasteiger partial charge on any atom is 0.387 e. The first-order valence-electron chi connectivity index (χ1n) is 4.35. The molecule has 0 aliphatic rings. The van der Waals surface area contributed by atoms with Gasteiger partial charge in [0, 0.05) is 12.6 Å². The van der Waals surface area contributed by atoms with E-state index in [2.05, 4.69) is 15.0 Å². The van der Waals surface area contributed by atoms with Gasteiger partial charge in [0.05, 0.1) is 0 Å². The van der Waals surface area contributed by atoms with Gasteiger partial charge in [-0.25, -0.2) is 4.68 Å². The van der Waals surface area contributed by atoms with Crippen LogP contribution < -0.4 is 4.74 Å². The van der Waals surface area contributed by atoms with Crippen molar-refractivity contribution in [2.45, 2.75) is 6.61 Å². The highest BCUT2D eigenvalue weighted by molar-refractivity contribution is 5.89. The molecule has 0 bridgehead atoms. The highest BCUT2D eigenvalue weighted by atomic mass is 19.3. The molecular weight excluding hydrogens is 220 g/mol. The molecule has 5 nitrogen and oxygen atoms in total. The van der Waals surface area contributed by atoms with Gasteiger partial charge in [-0.2, -0.15) is 8.78 Å². The van der Waals surface area contributed by atoms with Crippen molar-refractivity contribution in [1.82, 2.24) is 15.0 Å². The Labute approximate surface area is 88.6 Å². The number of carbonyl (C=O) groups is 1. The molecule has 0 fully saturated rings. The zero-order valence-electron chi connectivity index (χ0n) is 8.22. The summed E-state index contributed by atoms with van der Waals surface area (Å²) in [5.41, 5.74) is 0.873. The van der Waals surface area contributed by atoms with Crippen LogP contribution in [-0.2, 0) is 7.05 Å². The standard InChI is InChI=1S/C9H7F2N3O2/c1-14-8-6(12-13-14)2-5(4-15)3-7(8)16-9(10)11/h2-4,9H,1H3. The van der Waals surface area contributed by atoms with Crippen LogP contribution in [0.4, 0.5) is 8.78 Å². The van der Waals surface area contributed by atoms with Gasteiger partial charge in [-0.3, -0.25) is 4.79 Å². The second-order valence-electron chi connectivity index (χ2n) is 3.10. The van der Waals surface area contributed by atoms with Gasteiger partial charge in [-0.1, -0.05) is 5.21 Å². The number of hydrogen-bond acceptors (Lipinski definition) is 4. The molecule has 0 spiro atoms. The third-order valence-electron chi connectivity index (χ3n) is 2.04. The minimum absolute atomic E-state index is 0.109. The topological polar surface area (TPSA) is 57.0 Å². The van der Waals surface area contributed by atoms with Crippen molar-refractivity contribution >= 4 is 17.3 Å². The molecule has 1 heterocycles. The minimum Gasteiger partial charge on any atom is -0.432 e. The molecule has 0 unspecified atom stereocenters. The van der Waals surface area contributed by atoms with E-state index in [1.165, 1.54) is 16.8 Å². The van der Waals surface area contributed by atoms with E-state index >= 15 is 0 Å². The number of hydrogen-bond donors (Lipinski definition) is 0. The van der Waals surface area contributed by atoms with Crippen LogP contribution in [0.15, 0.2) is 12.1 Å². The molecule has 0 aliphatic carbocycles. The molecule has 16 heavy (non-hydrogen) atoms. The Kier molecular flexibility index (Phi) is 2.51. The first-order valence-corrected chi connectivity index (χ1v) is 4.35. The molecule has 7 heteroatoms. The second-order valence-corrected chi connectivity index (χ2v) is 3.10. The van der Waals surface area contributed by atoms with Crippen LogP contribution in [-0.4, -0.2) is 27.9 Å². The molecule has 0 saturated carbocycles. The van der Waals surface area contributed by atoms with Crippen molar-refractivity contribution in [2.24, 2.45) is 7.05 Å². The van der Waals surface area contributed by atoms with Gasteiger partial charge in [0.15, 0.2) is 5.75 Å². The summed E-state index contributed by atoms with van der Waals surface area (Å²) >= 11 is 0. The van der Waals surface area contributed by atoms with E-state index in [-0.39, 0.29) is 11.3 Å². The van der Waals surface area contributed by atoms with Crippen LogP contribution in [0.25, 0.3) is 11.0 Å². The molecular formula is C9H7F2N3O2. The van der Waals surface area contributed by atoms with Crippen molar-refractivity contribution in [3.63, 3.8) is 0 Å². The number of fused-ring (bicyclic) bond motifs is 1. The van der Waals surface area contributed by atoms with E-state index in [0.717, 1.165) is 0 Å². The SMILES string of the molecule is Cn1nnc2cc(C=O)cc(OC(F)F)c21.